The van der Waals surface area contributed by atoms with Crippen molar-refractivity contribution in [3.8, 4) is 0 Å². The largest absolute Gasteiger partial charge is 0.353 e. The molecule has 1 atom stereocenters. The van der Waals surface area contributed by atoms with E-state index in [-0.39, 0.29) is 11.9 Å². The molecule has 4 aromatic rings. The summed E-state index contributed by atoms with van der Waals surface area (Å²) < 4.78 is 2.06. The number of nitrogens with one attached hydrogen (secondary N) is 1. The Labute approximate surface area is 162 Å². The Balaban J connectivity index is 1.76. The topological polar surface area (TPSA) is 59.3 Å². The highest BCUT2D eigenvalue weighted by Gasteiger charge is 2.16. The van der Waals surface area contributed by atoms with Gasteiger partial charge >= 0.3 is 0 Å². The number of carbonyl (C=O) groups is 1. The number of thioether (sulfide) groups is 1. The van der Waals surface area contributed by atoms with E-state index in [0.717, 1.165) is 32.7 Å². The van der Waals surface area contributed by atoms with Crippen molar-refractivity contribution in [2.75, 3.05) is 5.75 Å². The molecule has 2 heterocycles. The number of hydrogen-bond donors (Lipinski definition) is 1. The minimum atomic E-state index is 0.0220. The summed E-state index contributed by atoms with van der Waals surface area (Å²) in [6.07, 6.45) is 0. The van der Waals surface area contributed by atoms with Crippen LogP contribution >= 0.6 is 11.8 Å². The van der Waals surface area contributed by atoms with E-state index in [2.05, 4.69) is 23.6 Å². The van der Waals surface area contributed by atoms with Gasteiger partial charge < -0.3 is 5.32 Å². The van der Waals surface area contributed by atoms with Crippen LogP contribution in [0.5, 0.6) is 0 Å². The second kappa shape index (κ2) is 7.19. The quantitative estimate of drug-likeness (QED) is 0.416. The van der Waals surface area contributed by atoms with E-state index < -0.39 is 0 Å². The lowest BCUT2D eigenvalue weighted by atomic mass is 10.1. The smallest absolute Gasteiger partial charge is 0.230 e. The number of rotatable bonds is 5. The number of imidazole rings is 1. The van der Waals surface area contributed by atoms with Gasteiger partial charge in [-0.3, -0.25) is 9.20 Å². The van der Waals surface area contributed by atoms with Gasteiger partial charge in [-0.05, 0) is 37.1 Å². The summed E-state index contributed by atoms with van der Waals surface area (Å²) in [6.45, 7) is 6.23. The van der Waals surface area contributed by atoms with E-state index in [1.54, 1.807) is 0 Å². The lowest BCUT2D eigenvalue weighted by Crippen LogP contribution is -2.37. The van der Waals surface area contributed by atoms with Crippen LogP contribution in [0.25, 0.3) is 27.6 Å². The normalized spacial score (nSPS) is 12.9. The van der Waals surface area contributed by atoms with Crippen molar-refractivity contribution in [2.24, 2.45) is 5.92 Å². The summed E-state index contributed by atoms with van der Waals surface area (Å²) >= 11 is 1.45. The van der Waals surface area contributed by atoms with Crippen molar-refractivity contribution < 1.29 is 4.79 Å². The molecule has 0 spiro atoms. The Morgan fingerprint density at radius 1 is 1.04 bits per heavy atom. The predicted molar refractivity (Wildman–Crippen MR) is 111 cm³/mol. The highest BCUT2D eigenvalue weighted by molar-refractivity contribution is 7.99. The molecule has 138 valence electrons. The fourth-order valence-corrected chi connectivity index (χ4v) is 3.82. The first-order valence-electron chi connectivity index (χ1n) is 9.12. The number of nitrogens with zero attached hydrogens (tertiary/aromatic N) is 3. The van der Waals surface area contributed by atoms with Crippen LogP contribution in [0.3, 0.4) is 0 Å². The molecule has 27 heavy (non-hydrogen) atoms. The summed E-state index contributed by atoms with van der Waals surface area (Å²) in [5, 5.41) is 4.85. The van der Waals surface area contributed by atoms with Crippen LogP contribution in [-0.2, 0) is 4.79 Å². The van der Waals surface area contributed by atoms with Gasteiger partial charge in [-0.25, -0.2) is 9.97 Å². The minimum Gasteiger partial charge on any atom is -0.353 e. The van der Waals surface area contributed by atoms with E-state index in [4.69, 9.17) is 9.97 Å². The average molecular weight is 379 g/mol. The van der Waals surface area contributed by atoms with Crippen molar-refractivity contribution in [1.82, 2.24) is 19.7 Å². The molecule has 0 radical (unpaired) electrons. The molecular formula is C21H22N4OS. The van der Waals surface area contributed by atoms with Gasteiger partial charge in [0.25, 0.3) is 0 Å². The molecular weight excluding hydrogens is 356 g/mol. The number of benzene rings is 2. The van der Waals surface area contributed by atoms with Gasteiger partial charge in [-0.1, -0.05) is 49.9 Å². The zero-order valence-corrected chi connectivity index (χ0v) is 16.5. The molecule has 0 bridgehead atoms. The zero-order chi connectivity index (χ0) is 19.0. The fraction of sp³-hybridized carbons (Fsp3) is 0.286. The first kappa shape index (κ1) is 17.8. The predicted octanol–water partition coefficient (Wildman–Crippen LogP) is 4.29. The number of carbonyl (C=O) groups excluding carboxylic acids is 1. The molecule has 1 N–H and O–H groups in total. The summed E-state index contributed by atoms with van der Waals surface area (Å²) in [5.74, 6) is 0.750. The van der Waals surface area contributed by atoms with E-state index in [1.165, 1.54) is 11.8 Å². The van der Waals surface area contributed by atoms with Gasteiger partial charge in [-0.15, -0.1) is 0 Å². The maximum Gasteiger partial charge on any atom is 0.230 e. The van der Waals surface area contributed by atoms with Crippen molar-refractivity contribution in [3.05, 3.63) is 48.5 Å². The number of hydrogen-bond acceptors (Lipinski definition) is 4. The van der Waals surface area contributed by atoms with Gasteiger partial charge in [0.1, 0.15) is 5.65 Å². The van der Waals surface area contributed by atoms with Crippen LogP contribution in [-0.4, -0.2) is 32.1 Å². The molecule has 2 aromatic heterocycles. The molecule has 0 saturated carbocycles. The summed E-state index contributed by atoms with van der Waals surface area (Å²) in [4.78, 5) is 22.0. The molecule has 6 heteroatoms. The lowest BCUT2D eigenvalue weighted by Gasteiger charge is -2.17. The molecule has 2 aromatic carbocycles. The van der Waals surface area contributed by atoms with E-state index >= 15 is 0 Å². The van der Waals surface area contributed by atoms with E-state index in [1.807, 2.05) is 55.5 Å². The molecule has 5 nitrogen and oxygen atoms in total. The molecule has 4 rings (SSSR count). The maximum atomic E-state index is 12.3. The third-order valence-electron chi connectivity index (χ3n) is 4.83. The van der Waals surface area contributed by atoms with Gasteiger partial charge in [0.05, 0.1) is 22.3 Å². The van der Waals surface area contributed by atoms with Crippen molar-refractivity contribution in [1.29, 1.82) is 0 Å². The van der Waals surface area contributed by atoms with Crippen molar-refractivity contribution >= 4 is 45.3 Å². The lowest BCUT2D eigenvalue weighted by molar-refractivity contribution is -0.119. The molecule has 0 aliphatic carbocycles. The van der Waals surface area contributed by atoms with Gasteiger partial charge in [-0.2, -0.15) is 0 Å². The second-order valence-electron chi connectivity index (χ2n) is 7.06. The highest BCUT2D eigenvalue weighted by Crippen LogP contribution is 2.28. The third kappa shape index (κ3) is 3.37. The number of aromatic nitrogens is 3. The molecule has 1 amide bonds. The van der Waals surface area contributed by atoms with Gasteiger partial charge in [0, 0.05) is 11.4 Å². The van der Waals surface area contributed by atoms with Crippen LogP contribution in [0.2, 0.25) is 0 Å². The first-order chi connectivity index (χ1) is 13.0. The summed E-state index contributed by atoms with van der Waals surface area (Å²) in [6, 6.07) is 16.2. The number of para-hydroxylation sites is 3. The van der Waals surface area contributed by atoms with E-state index in [9.17, 15) is 4.79 Å². The van der Waals surface area contributed by atoms with E-state index in [0.29, 0.717) is 11.7 Å². The third-order valence-corrected chi connectivity index (χ3v) is 5.77. The monoisotopic (exact) mass is 378 g/mol. The Bertz CT molecular complexity index is 1140. The minimum absolute atomic E-state index is 0.0220. The highest BCUT2D eigenvalue weighted by atomic mass is 32.2. The average Bonchev–Trinajstić information content (AvgIpc) is 3.06. The fourth-order valence-electron chi connectivity index (χ4n) is 3.00. The molecule has 1 unspecified atom stereocenters. The second-order valence-corrected chi connectivity index (χ2v) is 8.00. The Kier molecular flexibility index (Phi) is 4.74. The SMILES string of the molecule is CC(C)C(C)NC(=O)CSc1nc2ccccc2c2nc3ccccc3n12. The van der Waals surface area contributed by atoms with Crippen LogP contribution in [0.4, 0.5) is 0 Å². The molecule has 0 fully saturated rings. The van der Waals surface area contributed by atoms with Crippen molar-refractivity contribution in [2.45, 2.75) is 32.0 Å². The summed E-state index contributed by atoms with van der Waals surface area (Å²) in [5.41, 5.74) is 3.69. The van der Waals surface area contributed by atoms with Crippen molar-refractivity contribution in [3.63, 3.8) is 0 Å². The Morgan fingerprint density at radius 2 is 1.74 bits per heavy atom. The zero-order valence-electron chi connectivity index (χ0n) is 15.6. The molecule has 0 aliphatic heterocycles. The number of fused-ring (bicyclic) bond motifs is 5. The maximum absolute atomic E-state index is 12.3. The Hall–Kier alpha value is -2.60. The van der Waals surface area contributed by atoms with Crippen LogP contribution in [0, 0.1) is 5.92 Å². The van der Waals surface area contributed by atoms with Crippen LogP contribution < -0.4 is 5.32 Å². The molecule has 0 saturated heterocycles. The summed E-state index contributed by atoms with van der Waals surface area (Å²) in [7, 11) is 0. The number of amides is 1. The Morgan fingerprint density at radius 3 is 2.52 bits per heavy atom. The standard InChI is InChI=1S/C21H22N4OS/c1-13(2)14(3)22-19(26)12-27-21-24-16-9-5-4-8-15(16)20-23-17-10-6-7-11-18(17)25(20)21/h4-11,13-14H,12H2,1-3H3,(H,22,26). The van der Waals surface area contributed by atoms with Gasteiger partial charge in [0.15, 0.2) is 5.16 Å². The van der Waals surface area contributed by atoms with Crippen LogP contribution in [0.1, 0.15) is 20.8 Å². The van der Waals surface area contributed by atoms with Crippen LogP contribution in [0.15, 0.2) is 53.7 Å². The first-order valence-corrected chi connectivity index (χ1v) is 10.1. The molecule has 0 aliphatic rings. The van der Waals surface area contributed by atoms with Gasteiger partial charge in [0.2, 0.25) is 5.91 Å².